The van der Waals surface area contributed by atoms with Crippen LogP contribution in [0.1, 0.15) is 10.4 Å². The molecule has 0 radical (unpaired) electrons. The number of rotatable bonds is 4. The maximum absolute atomic E-state index is 13.2. The molecule has 5 rings (SSSR count). The maximum atomic E-state index is 13.2. The number of carbonyl (C=O) groups is 1. The van der Waals surface area contributed by atoms with E-state index in [4.69, 9.17) is 6.57 Å². The van der Waals surface area contributed by atoms with Gasteiger partial charge in [0.05, 0.1) is 18.3 Å². The average molecular weight is 477 g/mol. The normalized spacial score (nSPS) is 14.1. The van der Waals surface area contributed by atoms with Crippen molar-refractivity contribution < 1.29 is 9.90 Å². The van der Waals surface area contributed by atoms with Gasteiger partial charge in [-0.05, 0) is 23.0 Å². The van der Waals surface area contributed by atoms with E-state index in [-0.39, 0.29) is 40.4 Å². The molecule has 164 valence electrons. The number of benzene rings is 2. The molecule has 1 saturated heterocycles. The Morgan fingerprint density at radius 1 is 1.21 bits per heavy atom. The third-order valence-corrected chi connectivity index (χ3v) is 6.56. The second-order valence-corrected chi connectivity index (χ2v) is 8.88. The number of nitrogens with zero attached hydrogens (tertiary/aromatic N) is 8. The van der Waals surface area contributed by atoms with Crippen LogP contribution in [0.25, 0.3) is 21.6 Å². The fourth-order valence-corrected chi connectivity index (χ4v) is 4.84. The number of carbonyl (C=O) groups excluding carboxylic acids is 1. The highest BCUT2D eigenvalue weighted by molar-refractivity contribution is 7.99. The Kier molecular flexibility index (Phi) is 5.72. The van der Waals surface area contributed by atoms with Crippen LogP contribution >= 0.6 is 23.3 Å². The largest absolute Gasteiger partial charge is 0.505 e. The first-order valence-electron chi connectivity index (χ1n) is 9.93. The molecule has 0 unspecified atom stereocenters. The van der Waals surface area contributed by atoms with Crippen molar-refractivity contribution in [3.63, 3.8) is 0 Å². The van der Waals surface area contributed by atoms with Crippen LogP contribution in [0.3, 0.4) is 0 Å². The highest BCUT2D eigenvalue weighted by atomic mass is 32.2. The number of azo groups is 1. The molecule has 33 heavy (non-hydrogen) atoms. The molecule has 0 bridgehead atoms. The van der Waals surface area contributed by atoms with Gasteiger partial charge in [-0.2, -0.15) is 25.9 Å². The van der Waals surface area contributed by atoms with Crippen LogP contribution in [0.5, 0.6) is 5.75 Å². The third-order valence-electron chi connectivity index (χ3n) is 5.15. The predicted octanol–water partition coefficient (Wildman–Crippen LogP) is 4.74. The van der Waals surface area contributed by atoms with E-state index in [9.17, 15) is 9.90 Å². The van der Waals surface area contributed by atoms with Crippen LogP contribution in [0.2, 0.25) is 0 Å². The van der Waals surface area contributed by atoms with Gasteiger partial charge < -0.3 is 10.0 Å². The molecular formula is C21H16N8O2S2. The summed E-state index contributed by atoms with van der Waals surface area (Å²) in [5.74, 6) is 1.64. The maximum Gasteiger partial charge on any atom is 0.263 e. The number of hydrogen-bond acceptors (Lipinski definition) is 9. The summed E-state index contributed by atoms with van der Waals surface area (Å²) < 4.78 is 5.44. The van der Waals surface area contributed by atoms with E-state index in [1.54, 1.807) is 34.3 Å². The van der Waals surface area contributed by atoms with E-state index in [1.807, 2.05) is 18.2 Å². The molecule has 1 N–H and O–H groups in total. The predicted molar refractivity (Wildman–Crippen MR) is 126 cm³/mol. The van der Waals surface area contributed by atoms with Gasteiger partial charge in [0.1, 0.15) is 11.2 Å². The number of phenols is 1. The topological polar surface area (TPSA) is 113 Å². The molecule has 2 aromatic carbocycles. The van der Waals surface area contributed by atoms with Gasteiger partial charge in [-0.3, -0.25) is 4.79 Å². The second-order valence-electron chi connectivity index (χ2n) is 7.06. The van der Waals surface area contributed by atoms with Gasteiger partial charge >= 0.3 is 0 Å². The Morgan fingerprint density at radius 3 is 2.79 bits per heavy atom. The molecule has 4 aromatic rings. The van der Waals surface area contributed by atoms with Gasteiger partial charge in [-0.1, -0.05) is 24.3 Å². The minimum Gasteiger partial charge on any atom is -0.505 e. The van der Waals surface area contributed by atoms with Gasteiger partial charge in [0.25, 0.3) is 17.5 Å². The highest BCUT2D eigenvalue weighted by Gasteiger charge is 2.24. The van der Waals surface area contributed by atoms with E-state index in [0.717, 1.165) is 28.4 Å². The van der Waals surface area contributed by atoms with Crippen LogP contribution in [-0.4, -0.2) is 59.6 Å². The summed E-state index contributed by atoms with van der Waals surface area (Å²) in [5.41, 5.74) is 2.03. The quantitative estimate of drug-likeness (QED) is 0.336. The van der Waals surface area contributed by atoms with Crippen LogP contribution in [-0.2, 0) is 0 Å². The number of aromatic nitrogens is 4. The van der Waals surface area contributed by atoms with Gasteiger partial charge in [0.2, 0.25) is 0 Å². The summed E-state index contributed by atoms with van der Waals surface area (Å²) >= 11 is 2.94. The molecule has 0 saturated carbocycles. The Morgan fingerprint density at radius 2 is 2.03 bits per heavy atom. The lowest BCUT2D eigenvalue weighted by molar-refractivity contribution is 0.0769. The monoisotopic (exact) mass is 476 g/mol. The first kappa shape index (κ1) is 21.0. The van der Waals surface area contributed by atoms with Gasteiger partial charge in [-0.25, -0.2) is 9.83 Å². The molecule has 0 atom stereocenters. The first-order chi connectivity index (χ1) is 16.2. The van der Waals surface area contributed by atoms with E-state index >= 15 is 0 Å². The van der Waals surface area contributed by atoms with Crippen LogP contribution < -0.4 is 0 Å². The summed E-state index contributed by atoms with van der Waals surface area (Å²) in [6.07, 6.45) is 1.36. The number of aromatic hydroxyl groups is 1. The van der Waals surface area contributed by atoms with Crippen molar-refractivity contribution in [3.05, 3.63) is 59.0 Å². The van der Waals surface area contributed by atoms with E-state index < -0.39 is 0 Å². The van der Waals surface area contributed by atoms with Crippen molar-refractivity contribution in [1.29, 1.82) is 0 Å². The van der Waals surface area contributed by atoms with Crippen molar-refractivity contribution >= 4 is 57.2 Å². The summed E-state index contributed by atoms with van der Waals surface area (Å²) in [5, 5.41) is 25.1. The van der Waals surface area contributed by atoms with Gasteiger partial charge in [0.15, 0.2) is 11.6 Å². The molecular weight excluding hydrogens is 460 g/mol. The summed E-state index contributed by atoms with van der Waals surface area (Å²) in [6.45, 7) is 8.67. The van der Waals surface area contributed by atoms with Crippen molar-refractivity contribution in [3.8, 4) is 11.7 Å². The van der Waals surface area contributed by atoms with Crippen molar-refractivity contribution in [2.75, 3.05) is 24.6 Å². The molecule has 10 nitrogen and oxygen atoms in total. The van der Waals surface area contributed by atoms with Crippen molar-refractivity contribution in [2.24, 2.45) is 10.2 Å². The second kappa shape index (κ2) is 8.97. The van der Waals surface area contributed by atoms with Gasteiger partial charge in [0, 0.05) is 30.0 Å². The summed E-state index contributed by atoms with van der Waals surface area (Å²) in [7, 11) is 0. The molecule has 1 amide bonds. The lowest BCUT2D eigenvalue weighted by Crippen LogP contribution is -2.37. The number of thioether (sulfide) groups is 1. The smallest absolute Gasteiger partial charge is 0.263 e. The zero-order valence-corrected chi connectivity index (χ0v) is 18.8. The van der Waals surface area contributed by atoms with Crippen molar-refractivity contribution in [2.45, 2.75) is 0 Å². The molecule has 12 heteroatoms. The zero-order valence-electron chi connectivity index (χ0n) is 17.1. The Balaban J connectivity index is 1.63. The van der Waals surface area contributed by atoms with Crippen molar-refractivity contribution in [1.82, 2.24) is 24.0 Å². The Hall–Kier alpha value is -3.82. The molecule has 1 aliphatic rings. The number of hydrogen-bond donors (Lipinski definition) is 1. The minimum absolute atomic E-state index is 0.136. The molecule has 1 fully saturated rings. The zero-order chi connectivity index (χ0) is 22.8. The Bertz CT molecular complexity index is 1400. The average Bonchev–Trinajstić information content (AvgIpc) is 3.53. The minimum atomic E-state index is -0.247. The number of phenolic OH excluding ortho intramolecular Hbond substituents is 1. The first-order valence-corrected chi connectivity index (χ1v) is 11.9. The lowest BCUT2D eigenvalue weighted by Gasteiger charge is -2.27. The van der Waals surface area contributed by atoms with Gasteiger partial charge in [-0.15, -0.1) is 10.2 Å². The van der Waals surface area contributed by atoms with Crippen LogP contribution in [0.15, 0.2) is 52.3 Å². The van der Waals surface area contributed by atoms with E-state index in [0.29, 0.717) is 18.5 Å². The SMILES string of the molecule is [C-]#[N+]c1cnn(-c2ncsn2)c1/N=N/c1c(O)c(C(=O)N2CCSCC2)cc2ccccc12. The molecule has 1 aliphatic heterocycles. The molecule has 3 heterocycles. The molecule has 0 aliphatic carbocycles. The van der Waals surface area contributed by atoms with Crippen LogP contribution in [0.4, 0.5) is 17.2 Å². The fourth-order valence-electron chi connectivity index (χ4n) is 3.53. The van der Waals surface area contributed by atoms with Crippen LogP contribution in [0, 0.1) is 6.57 Å². The summed E-state index contributed by atoms with van der Waals surface area (Å²) in [4.78, 5) is 22.5. The Labute approximate surface area is 196 Å². The fraction of sp³-hybridized carbons (Fsp3) is 0.190. The molecule has 2 aromatic heterocycles. The van der Waals surface area contributed by atoms with E-state index in [1.165, 1.54) is 10.9 Å². The lowest BCUT2D eigenvalue weighted by atomic mass is 10.0. The van der Waals surface area contributed by atoms with E-state index in [2.05, 4.69) is 29.5 Å². The highest BCUT2D eigenvalue weighted by Crippen LogP contribution is 2.41. The summed E-state index contributed by atoms with van der Waals surface area (Å²) in [6, 6.07) is 9.00. The number of amides is 1. The number of fused-ring (bicyclic) bond motifs is 1. The standard InChI is InChI=1S/C21H16N8O2S2/c1-22-16-11-24-29(21-23-12-33-27-21)19(16)26-25-17-14-5-3-2-4-13(14)10-15(18(17)30)20(31)28-6-8-32-9-7-28/h2-5,10-12,30H,6-9H2/b26-25+. The molecule has 0 spiro atoms. The third kappa shape index (κ3) is 3.92.